The molecule has 0 amide bonds. The Bertz CT molecular complexity index is 325. The van der Waals surface area contributed by atoms with E-state index in [1.165, 1.54) is 17.8 Å². The summed E-state index contributed by atoms with van der Waals surface area (Å²) in [5.74, 6) is 0.721. The lowest BCUT2D eigenvalue weighted by Gasteiger charge is -2.26. The van der Waals surface area contributed by atoms with E-state index in [4.69, 9.17) is 11.6 Å². The number of hydrogen-bond acceptors (Lipinski definition) is 4. The molecule has 0 saturated heterocycles. The molecule has 0 aliphatic rings. The van der Waals surface area contributed by atoms with Crippen LogP contribution in [0.15, 0.2) is 6.20 Å². The van der Waals surface area contributed by atoms with Crippen LogP contribution in [0.4, 0.5) is 0 Å². The van der Waals surface area contributed by atoms with E-state index < -0.39 is 0 Å². The van der Waals surface area contributed by atoms with Gasteiger partial charge in [0.2, 0.25) is 0 Å². The second-order valence-electron chi connectivity index (χ2n) is 4.94. The zero-order valence-electron chi connectivity index (χ0n) is 11.0. The molecule has 1 unspecified atom stereocenters. The van der Waals surface area contributed by atoms with Crippen LogP contribution < -0.4 is 5.32 Å². The lowest BCUT2D eigenvalue weighted by molar-refractivity contribution is 0.246. The molecule has 0 spiro atoms. The van der Waals surface area contributed by atoms with Crippen molar-refractivity contribution in [3.63, 3.8) is 0 Å². The van der Waals surface area contributed by atoms with Crippen LogP contribution in [-0.4, -0.2) is 36.6 Å². The van der Waals surface area contributed by atoms with E-state index in [2.05, 4.69) is 43.1 Å². The fourth-order valence-corrected chi connectivity index (χ4v) is 2.66. The minimum Gasteiger partial charge on any atom is -0.309 e. The maximum Gasteiger partial charge on any atom is 0.113 e. The molecule has 0 radical (unpaired) electrons. The summed E-state index contributed by atoms with van der Waals surface area (Å²) in [6, 6.07) is 0.574. The number of halogens is 1. The van der Waals surface area contributed by atoms with Gasteiger partial charge >= 0.3 is 0 Å². The van der Waals surface area contributed by atoms with E-state index in [0.29, 0.717) is 6.04 Å². The molecule has 0 aliphatic heterocycles. The van der Waals surface area contributed by atoms with Crippen LogP contribution in [0.25, 0.3) is 0 Å². The molecule has 1 heterocycles. The van der Waals surface area contributed by atoms with E-state index in [9.17, 15) is 0 Å². The Balaban J connectivity index is 2.31. The summed E-state index contributed by atoms with van der Waals surface area (Å²) < 4.78 is 0.758. The van der Waals surface area contributed by atoms with Crippen LogP contribution in [0.1, 0.15) is 25.3 Å². The fourth-order valence-electron chi connectivity index (χ4n) is 1.74. The first-order valence-electron chi connectivity index (χ1n) is 5.96. The van der Waals surface area contributed by atoms with Gasteiger partial charge in [-0.2, -0.15) is 0 Å². The third-order valence-electron chi connectivity index (χ3n) is 2.66. The molecule has 0 aromatic carbocycles. The van der Waals surface area contributed by atoms with Crippen LogP contribution >= 0.6 is 22.9 Å². The smallest absolute Gasteiger partial charge is 0.113 e. The summed E-state index contributed by atoms with van der Waals surface area (Å²) in [7, 11) is 4.27. The first-order valence-corrected chi connectivity index (χ1v) is 7.15. The van der Waals surface area contributed by atoms with Crippen LogP contribution in [0.3, 0.4) is 0 Å². The van der Waals surface area contributed by atoms with Gasteiger partial charge in [0.15, 0.2) is 0 Å². The van der Waals surface area contributed by atoms with Gasteiger partial charge in [0, 0.05) is 19.1 Å². The van der Waals surface area contributed by atoms with Crippen LogP contribution in [0.2, 0.25) is 4.34 Å². The highest BCUT2D eigenvalue weighted by atomic mass is 35.5. The van der Waals surface area contributed by atoms with Crippen LogP contribution in [0.5, 0.6) is 0 Å². The van der Waals surface area contributed by atoms with Crippen LogP contribution in [-0.2, 0) is 6.54 Å². The van der Waals surface area contributed by atoms with Crippen molar-refractivity contribution in [2.24, 2.45) is 5.92 Å². The Morgan fingerprint density at radius 1 is 1.47 bits per heavy atom. The zero-order valence-corrected chi connectivity index (χ0v) is 12.6. The average molecular weight is 276 g/mol. The molecular weight excluding hydrogens is 254 g/mol. The highest BCUT2D eigenvalue weighted by molar-refractivity contribution is 7.15. The van der Waals surface area contributed by atoms with Gasteiger partial charge in [-0.1, -0.05) is 25.4 Å². The highest BCUT2D eigenvalue weighted by Crippen LogP contribution is 2.17. The quantitative estimate of drug-likeness (QED) is 0.829. The monoisotopic (exact) mass is 275 g/mol. The van der Waals surface area contributed by atoms with Crippen molar-refractivity contribution in [3.8, 4) is 0 Å². The van der Waals surface area contributed by atoms with Crippen molar-refractivity contribution in [3.05, 3.63) is 15.5 Å². The molecule has 17 heavy (non-hydrogen) atoms. The van der Waals surface area contributed by atoms with Gasteiger partial charge in [0.05, 0.1) is 6.20 Å². The predicted molar refractivity (Wildman–Crippen MR) is 75.8 cm³/mol. The Kier molecular flexibility index (Phi) is 6.41. The fraction of sp³-hybridized carbons (Fsp3) is 0.750. The Labute approximate surface area is 113 Å². The van der Waals surface area contributed by atoms with Crippen molar-refractivity contribution >= 4 is 22.9 Å². The number of hydrogen-bond donors (Lipinski definition) is 1. The average Bonchev–Trinajstić information content (AvgIpc) is 2.62. The summed E-state index contributed by atoms with van der Waals surface area (Å²) >= 11 is 7.38. The topological polar surface area (TPSA) is 28.2 Å². The molecular formula is C12H22ClN3S. The van der Waals surface area contributed by atoms with Gasteiger partial charge < -0.3 is 10.2 Å². The largest absolute Gasteiger partial charge is 0.309 e. The maximum atomic E-state index is 5.84. The van der Waals surface area contributed by atoms with Gasteiger partial charge in [0.25, 0.3) is 0 Å². The number of aromatic nitrogens is 1. The van der Waals surface area contributed by atoms with E-state index in [-0.39, 0.29) is 0 Å². The molecule has 0 fully saturated rings. The molecule has 98 valence electrons. The lowest BCUT2D eigenvalue weighted by Crippen LogP contribution is -2.38. The Hall–Kier alpha value is -0.160. The molecule has 0 aliphatic carbocycles. The second-order valence-corrected chi connectivity index (χ2v) is 6.68. The van der Waals surface area contributed by atoms with Crippen LogP contribution in [0, 0.1) is 5.92 Å². The third-order valence-corrected chi connectivity index (χ3v) is 3.77. The summed E-state index contributed by atoms with van der Waals surface area (Å²) in [6.45, 7) is 6.32. The van der Waals surface area contributed by atoms with Crippen molar-refractivity contribution in [1.29, 1.82) is 0 Å². The third kappa shape index (κ3) is 5.82. The second kappa shape index (κ2) is 7.31. The summed E-state index contributed by atoms with van der Waals surface area (Å²) in [5.41, 5.74) is 0. The molecule has 0 bridgehead atoms. The first-order chi connectivity index (χ1) is 7.99. The number of thiazole rings is 1. The zero-order chi connectivity index (χ0) is 12.8. The van der Waals surface area contributed by atoms with Gasteiger partial charge in [-0.15, -0.1) is 11.3 Å². The lowest BCUT2D eigenvalue weighted by atomic mass is 10.0. The van der Waals surface area contributed by atoms with Crippen molar-refractivity contribution < 1.29 is 0 Å². The minimum atomic E-state index is 0.574. The Morgan fingerprint density at radius 2 is 2.18 bits per heavy atom. The Morgan fingerprint density at radius 3 is 2.65 bits per heavy atom. The van der Waals surface area contributed by atoms with E-state index in [1.807, 2.05) is 0 Å². The summed E-state index contributed by atoms with van der Waals surface area (Å²) in [6.07, 6.45) is 2.92. The standard InChI is InChI=1S/C12H22ClN3S/c1-9(2)5-10(16(3)4)6-14-8-12-15-7-11(13)17-12/h7,9-10,14H,5-6,8H2,1-4H3. The minimum absolute atomic E-state index is 0.574. The number of rotatable bonds is 7. The molecule has 3 nitrogen and oxygen atoms in total. The summed E-state index contributed by atoms with van der Waals surface area (Å²) in [5, 5.41) is 4.50. The molecule has 1 atom stereocenters. The van der Waals surface area contributed by atoms with Gasteiger partial charge in [-0.25, -0.2) is 4.98 Å². The van der Waals surface area contributed by atoms with Crippen molar-refractivity contribution in [2.45, 2.75) is 32.9 Å². The number of nitrogens with zero attached hydrogens (tertiary/aromatic N) is 2. The first kappa shape index (κ1) is 14.9. The molecule has 1 aromatic rings. The van der Waals surface area contributed by atoms with Gasteiger partial charge in [0.1, 0.15) is 9.34 Å². The van der Waals surface area contributed by atoms with Crippen molar-refractivity contribution in [2.75, 3.05) is 20.6 Å². The maximum absolute atomic E-state index is 5.84. The number of nitrogens with one attached hydrogen (secondary N) is 1. The van der Waals surface area contributed by atoms with Gasteiger partial charge in [-0.05, 0) is 26.4 Å². The van der Waals surface area contributed by atoms with E-state index in [0.717, 1.165) is 28.4 Å². The van der Waals surface area contributed by atoms with Crippen molar-refractivity contribution in [1.82, 2.24) is 15.2 Å². The molecule has 1 N–H and O–H groups in total. The SMILES string of the molecule is CC(C)CC(CNCc1ncc(Cl)s1)N(C)C. The molecule has 1 rings (SSSR count). The number of likely N-dealkylation sites (N-methyl/N-ethyl adjacent to an activating group) is 1. The van der Waals surface area contributed by atoms with E-state index >= 15 is 0 Å². The predicted octanol–water partition coefficient (Wildman–Crippen LogP) is 2.86. The van der Waals surface area contributed by atoms with Gasteiger partial charge in [-0.3, -0.25) is 0 Å². The van der Waals surface area contributed by atoms with E-state index in [1.54, 1.807) is 6.20 Å². The molecule has 5 heteroatoms. The molecule has 0 saturated carbocycles. The highest BCUT2D eigenvalue weighted by Gasteiger charge is 2.12. The summed E-state index contributed by atoms with van der Waals surface area (Å²) in [4.78, 5) is 6.51. The normalized spacial score (nSPS) is 13.6. The molecule has 1 aromatic heterocycles.